The second-order valence-corrected chi connectivity index (χ2v) is 6.58. The van der Waals surface area contributed by atoms with Crippen LogP contribution in [0.15, 0.2) is 54.2 Å². The lowest BCUT2D eigenvalue weighted by atomic mass is 10.2. The molecule has 2 aromatic heterocycles. The van der Waals surface area contributed by atoms with Crippen molar-refractivity contribution in [2.45, 2.75) is 19.4 Å². The normalized spacial score (nSPS) is 10.5. The van der Waals surface area contributed by atoms with Crippen LogP contribution in [-0.4, -0.2) is 33.1 Å². The second kappa shape index (κ2) is 8.91. The summed E-state index contributed by atoms with van der Waals surface area (Å²) >= 11 is 1.39. The largest absolute Gasteiger partial charge is 0.351 e. The highest BCUT2D eigenvalue weighted by Crippen LogP contribution is 2.08. The predicted molar refractivity (Wildman–Crippen MR) is 100 cm³/mol. The monoisotopic (exact) mass is 369 g/mol. The van der Waals surface area contributed by atoms with Crippen LogP contribution in [0.2, 0.25) is 0 Å². The number of thiophene rings is 1. The second-order valence-electron chi connectivity index (χ2n) is 5.64. The molecule has 8 heteroatoms. The van der Waals surface area contributed by atoms with Crippen LogP contribution in [0.25, 0.3) is 0 Å². The number of nitrogens with zero attached hydrogens (tertiary/aromatic N) is 3. The molecule has 0 spiro atoms. The minimum atomic E-state index is -0.173. The van der Waals surface area contributed by atoms with E-state index in [4.69, 9.17) is 0 Å². The smallest absolute Gasteiger partial charge is 0.261 e. The quantitative estimate of drug-likeness (QED) is 0.597. The number of anilines is 1. The van der Waals surface area contributed by atoms with Gasteiger partial charge in [-0.3, -0.25) is 14.9 Å². The maximum atomic E-state index is 11.9. The predicted octanol–water partition coefficient (Wildman–Crippen LogP) is 2.54. The molecule has 0 saturated carbocycles. The van der Waals surface area contributed by atoms with E-state index >= 15 is 0 Å². The zero-order valence-electron chi connectivity index (χ0n) is 14.1. The molecule has 3 aromatic rings. The third kappa shape index (κ3) is 5.25. The minimum absolute atomic E-state index is 0.110. The highest BCUT2D eigenvalue weighted by Gasteiger charge is 2.08. The Hall–Kier alpha value is -3.00. The van der Waals surface area contributed by atoms with E-state index in [2.05, 4.69) is 20.7 Å². The van der Waals surface area contributed by atoms with Gasteiger partial charge in [-0.05, 0) is 23.4 Å². The van der Waals surface area contributed by atoms with Gasteiger partial charge in [-0.25, -0.2) is 9.67 Å². The summed E-state index contributed by atoms with van der Waals surface area (Å²) in [6.07, 6.45) is 2.43. The summed E-state index contributed by atoms with van der Waals surface area (Å²) in [5.41, 5.74) is 1.11. The molecule has 2 N–H and O–H groups in total. The maximum absolute atomic E-state index is 11.9. The van der Waals surface area contributed by atoms with Gasteiger partial charge >= 0.3 is 0 Å². The van der Waals surface area contributed by atoms with Crippen molar-refractivity contribution in [2.75, 3.05) is 11.9 Å². The fourth-order valence-corrected chi connectivity index (χ4v) is 2.97. The van der Waals surface area contributed by atoms with E-state index in [1.54, 1.807) is 17.1 Å². The molecule has 0 radical (unpaired) electrons. The topological polar surface area (TPSA) is 88.9 Å². The maximum Gasteiger partial charge on any atom is 0.261 e. The third-order valence-electron chi connectivity index (χ3n) is 3.59. The molecule has 0 bridgehead atoms. The zero-order chi connectivity index (χ0) is 18.2. The van der Waals surface area contributed by atoms with Crippen LogP contribution in [0.4, 0.5) is 5.95 Å². The first kappa shape index (κ1) is 17.8. The highest BCUT2D eigenvalue weighted by atomic mass is 32.1. The Bertz CT molecular complexity index is 846. The molecule has 0 aliphatic carbocycles. The Balaban J connectivity index is 1.38. The van der Waals surface area contributed by atoms with Crippen LogP contribution in [0.1, 0.15) is 28.1 Å². The number of nitrogens with one attached hydrogen (secondary N) is 2. The Labute approximate surface area is 155 Å². The van der Waals surface area contributed by atoms with E-state index in [0.717, 1.165) is 5.56 Å². The molecule has 0 unspecified atom stereocenters. The van der Waals surface area contributed by atoms with E-state index in [0.29, 0.717) is 24.4 Å². The van der Waals surface area contributed by atoms with Gasteiger partial charge in [0.15, 0.2) is 0 Å². The van der Waals surface area contributed by atoms with E-state index < -0.39 is 0 Å². The van der Waals surface area contributed by atoms with Gasteiger partial charge in [0.1, 0.15) is 6.33 Å². The lowest BCUT2D eigenvalue weighted by molar-refractivity contribution is -0.116. The van der Waals surface area contributed by atoms with Gasteiger partial charge in [0.2, 0.25) is 11.9 Å². The summed E-state index contributed by atoms with van der Waals surface area (Å²) in [5.74, 6) is 0.00289. The molecule has 134 valence electrons. The summed E-state index contributed by atoms with van der Waals surface area (Å²) in [4.78, 5) is 28.5. The lowest BCUT2D eigenvalue weighted by Crippen LogP contribution is -2.24. The summed E-state index contributed by atoms with van der Waals surface area (Å²) in [5, 5.41) is 11.6. The molecule has 1 aromatic carbocycles. The summed E-state index contributed by atoms with van der Waals surface area (Å²) in [6, 6.07) is 13.5. The van der Waals surface area contributed by atoms with Crippen molar-refractivity contribution in [2.24, 2.45) is 0 Å². The van der Waals surface area contributed by atoms with Crippen LogP contribution < -0.4 is 10.6 Å². The number of aromatic nitrogens is 3. The van der Waals surface area contributed by atoms with Gasteiger partial charge in [0.25, 0.3) is 5.91 Å². The highest BCUT2D eigenvalue weighted by molar-refractivity contribution is 7.12. The van der Waals surface area contributed by atoms with Crippen molar-refractivity contribution in [1.82, 2.24) is 20.1 Å². The Kier molecular flexibility index (Phi) is 6.10. The van der Waals surface area contributed by atoms with Gasteiger partial charge in [0, 0.05) is 13.0 Å². The van der Waals surface area contributed by atoms with Gasteiger partial charge in [0.05, 0.1) is 11.4 Å². The van der Waals surface area contributed by atoms with Gasteiger partial charge in [-0.1, -0.05) is 36.4 Å². The van der Waals surface area contributed by atoms with E-state index in [9.17, 15) is 9.59 Å². The van der Waals surface area contributed by atoms with Crippen LogP contribution in [0, 0.1) is 0 Å². The van der Waals surface area contributed by atoms with Crippen molar-refractivity contribution >= 4 is 29.1 Å². The molecule has 3 rings (SSSR count). The fourth-order valence-electron chi connectivity index (χ4n) is 2.33. The van der Waals surface area contributed by atoms with Crippen molar-refractivity contribution in [3.8, 4) is 0 Å². The minimum Gasteiger partial charge on any atom is -0.351 e. The van der Waals surface area contributed by atoms with Gasteiger partial charge in [-0.2, -0.15) is 0 Å². The first-order chi connectivity index (χ1) is 12.7. The van der Waals surface area contributed by atoms with Crippen molar-refractivity contribution in [3.63, 3.8) is 0 Å². The van der Waals surface area contributed by atoms with Crippen LogP contribution in [0.3, 0.4) is 0 Å². The molecule has 0 saturated heterocycles. The summed E-state index contributed by atoms with van der Waals surface area (Å²) in [6.45, 7) is 1.04. The average molecular weight is 369 g/mol. The average Bonchev–Trinajstić information content (AvgIpc) is 3.32. The third-order valence-corrected chi connectivity index (χ3v) is 4.45. The molecule has 0 fully saturated rings. The molecule has 0 aliphatic heterocycles. The molecule has 2 amide bonds. The van der Waals surface area contributed by atoms with Crippen LogP contribution in [-0.2, 0) is 11.3 Å². The number of rotatable bonds is 8. The molecular weight excluding hydrogens is 350 g/mol. The number of carbonyl (C=O) groups excluding carboxylic acids is 2. The zero-order valence-corrected chi connectivity index (χ0v) is 14.9. The van der Waals surface area contributed by atoms with Crippen molar-refractivity contribution < 1.29 is 9.59 Å². The number of benzene rings is 1. The Morgan fingerprint density at radius 1 is 1.12 bits per heavy atom. The van der Waals surface area contributed by atoms with Gasteiger partial charge in [-0.15, -0.1) is 16.4 Å². The molecule has 0 atom stereocenters. The first-order valence-electron chi connectivity index (χ1n) is 8.25. The Morgan fingerprint density at radius 3 is 2.73 bits per heavy atom. The number of hydrogen-bond acceptors (Lipinski definition) is 5. The van der Waals surface area contributed by atoms with Crippen molar-refractivity contribution in [1.29, 1.82) is 0 Å². The van der Waals surface area contributed by atoms with Crippen molar-refractivity contribution in [3.05, 3.63) is 64.6 Å². The van der Waals surface area contributed by atoms with E-state index in [1.807, 2.05) is 41.8 Å². The SMILES string of the molecule is O=C(CCCNC(=O)c1cccs1)Nc1ncn(Cc2ccccc2)n1. The molecule has 2 heterocycles. The summed E-state index contributed by atoms with van der Waals surface area (Å²) < 4.78 is 1.67. The molecule has 26 heavy (non-hydrogen) atoms. The number of hydrogen-bond donors (Lipinski definition) is 2. The van der Waals surface area contributed by atoms with E-state index in [1.165, 1.54) is 11.3 Å². The molecule has 0 aliphatic rings. The first-order valence-corrected chi connectivity index (χ1v) is 9.13. The van der Waals surface area contributed by atoms with E-state index in [-0.39, 0.29) is 24.2 Å². The summed E-state index contributed by atoms with van der Waals surface area (Å²) in [7, 11) is 0. The molecule has 7 nitrogen and oxygen atoms in total. The van der Waals surface area contributed by atoms with Crippen LogP contribution in [0.5, 0.6) is 0 Å². The van der Waals surface area contributed by atoms with Gasteiger partial charge < -0.3 is 5.32 Å². The number of carbonyl (C=O) groups is 2. The number of amides is 2. The lowest BCUT2D eigenvalue weighted by Gasteiger charge is -2.04. The fraction of sp³-hybridized carbons (Fsp3) is 0.222. The van der Waals surface area contributed by atoms with Crippen LogP contribution >= 0.6 is 11.3 Å². The standard InChI is InChI=1S/C18H19N5O2S/c24-16(9-4-10-19-17(25)15-8-5-11-26-15)21-18-20-13-23(22-18)12-14-6-2-1-3-7-14/h1-3,5-8,11,13H,4,9-10,12H2,(H,19,25)(H,21,22,24). The Morgan fingerprint density at radius 2 is 1.96 bits per heavy atom. The molecular formula is C18H19N5O2S.